The van der Waals surface area contributed by atoms with Crippen molar-refractivity contribution in [2.45, 2.75) is 110 Å². The van der Waals surface area contributed by atoms with Crippen molar-refractivity contribution in [2.75, 3.05) is 19.0 Å². The molecule has 1 aromatic carbocycles. The van der Waals surface area contributed by atoms with E-state index in [0.717, 1.165) is 19.3 Å². The van der Waals surface area contributed by atoms with Crippen LogP contribution in [0.1, 0.15) is 130 Å². The molecule has 0 saturated heterocycles. The largest absolute Gasteiger partial charge is 0.462 e. The number of unbranched alkanes of at least 4 members (excludes halogenated alkanes) is 14. The Morgan fingerprint density at radius 2 is 1.00 bits per heavy atom. The van der Waals surface area contributed by atoms with Gasteiger partial charge in [-0.2, -0.15) is 8.42 Å². The van der Waals surface area contributed by atoms with Crippen LogP contribution in [0.5, 0.6) is 0 Å². The van der Waals surface area contributed by atoms with Gasteiger partial charge in [0, 0.05) is 0 Å². The molecule has 0 spiro atoms. The minimum Gasteiger partial charge on any atom is -0.462 e. The summed E-state index contributed by atoms with van der Waals surface area (Å²) in [6, 6.07) is 6.22. The molecule has 36 heavy (non-hydrogen) atoms. The maximum Gasteiger partial charge on any atom is 0.339 e. The third kappa shape index (κ3) is 16.7. The molecular weight excluding hydrogens is 480 g/mol. The van der Waals surface area contributed by atoms with Gasteiger partial charge in [0.15, 0.2) is 0 Å². The molecule has 0 bridgehead atoms. The molecule has 0 fully saturated rings. The maximum atomic E-state index is 12.4. The zero-order valence-electron chi connectivity index (χ0n) is 22.0. The van der Waals surface area contributed by atoms with Gasteiger partial charge in [0.05, 0.1) is 30.1 Å². The van der Waals surface area contributed by atoms with E-state index in [2.05, 4.69) is 6.92 Å². The molecule has 0 unspecified atom stereocenters. The molecule has 0 radical (unpaired) electrons. The number of carbonyl (C=O) groups is 2. The van der Waals surface area contributed by atoms with E-state index >= 15 is 0 Å². The number of ether oxygens (including phenoxy) is 2. The van der Waals surface area contributed by atoms with Crippen molar-refractivity contribution in [3.63, 3.8) is 0 Å². The van der Waals surface area contributed by atoms with Crippen LogP contribution in [0.15, 0.2) is 24.3 Å². The second-order valence-electron chi connectivity index (χ2n) is 9.41. The zero-order chi connectivity index (χ0) is 26.5. The average Bonchev–Trinajstić information content (AvgIpc) is 2.85. The topological polar surface area (TPSA) is 107 Å². The van der Waals surface area contributed by atoms with Crippen LogP contribution < -0.4 is 0 Å². The minimum absolute atomic E-state index is 0.0314. The summed E-state index contributed by atoms with van der Waals surface area (Å²) in [4.78, 5) is 24.7. The molecule has 0 aromatic heterocycles. The lowest BCUT2D eigenvalue weighted by molar-refractivity contribution is 0.0454. The molecule has 0 aliphatic rings. The number of hydrogen-bond acceptors (Lipinski definition) is 6. The zero-order valence-corrected chi connectivity index (χ0v) is 22.9. The van der Waals surface area contributed by atoms with Gasteiger partial charge in [-0.15, -0.1) is 0 Å². The van der Waals surface area contributed by atoms with E-state index in [-0.39, 0.29) is 24.2 Å². The quantitative estimate of drug-likeness (QED) is 0.0971. The van der Waals surface area contributed by atoms with Crippen LogP contribution in [0.4, 0.5) is 0 Å². The summed E-state index contributed by atoms with van der Waals surface area (Å²) < 4.78 is 40.6. The van der Waals surface area contributed by atoms with Crippen LogP contribution in [-0.4, -0.2) is 43.9 Å². The van der Waals surface area contributed by atoms with Gasteiger partial charge in [-0.05, 0) is 25.0 Å². The first-order valence-corrected chi connectivity index (χ1v) is 15.3. The minimum atomic E-state index is -4.10. The van der Waals surface area contributed by atoms with Crippen molar-refractivity contribution >= 4 is 22.1 Å². The van der Waals surface area contributed by atoms with E-state index in [1.165, 1.54) is 89.2 Å². The van der Waals surface area contributed by atoms with Crippen molar-refractivity contribution in [1.29, 1.82) is 0 Å². The molecule has 0 aliphatic heterocycles. The Morgan fingerprint density at radius 1 is 0.639 bits per heavy atom. The molecule has 0 amide bonds. The second-order valence-corrected chi connectivity index (χ2v) is 11.0. The Labute approximate surface area is 218 Å². The van der Waals surface area contributed by atoms with Gasteiger partial charge in [-0.3, -0.25) is 4.55 Å². The van der Waals surface area contributed by atoms with Crippen molar-refractivity contribution in [1.82, 2.24) is 0 Å². The van der Waals surface area contributed by atoms with Gasteiger partial charge in [0.25, 0.3) is 10.1 Å². The van der Waals surface area contributed by atoms with Gasteiger partial charge >= 0.3 is 11.9 Å². The summed E-state index contributed by atoms with van der Waals surface area (Å²) in [5.74, 6) is -1.81. The van der Waals surface area contributed by atoms with E-state index in [0.29, 0.717) is 6.61 Å². The molecule has 1 rings (SSSR count). The first-order valence-electron chi connectivity index (χ1n) is 13.7. The van der Waals surface area contributed by atoms with Crippen molar-refractivity contribution in [3.05, 3.63) is 35.4 Å². The molecular formula is C28H46O7S. The van der Waals surface area contributed by atoms with Gasteiger partial charge in [0.1, 0.15) is 0 Å². The van der Waals surface area contributed by atoms with Crippen molar-refractivity contribution in [2.24, 2.45) is 0 Å². The number of esters is 2. The highest BCUT2D eigenvalue weighted by Gasteiger charge is 2.19. The Balaban J connectivity index is 2.11. The molecule has 206 valence electrons. The maximum absolute atomic E-state index is 12.4. The molecule has 0 aliphatic carbocycles. The Kier molecular flexibility index (Phi) is 18.0. The number of carbonyl (C=O) groups excluding carboxylic acids is 2. The summed E-state index contributed by atoms with van der Waals surface area (Å²) in [7, 11) is -4.10. The van der Waals surface area contributed by atoms with E-state index in [1.807, 2.05) is 0 Å². The predicted octanol–water partition coefficient (Wildman–Crippen LogP) is 7.15. The summed E-state index contributed by atoms with van der Waals surface area (Å²) in [5, 5.41) is 0. The highest BCUT2D eigenvalue weighted by atomic mass is 32.2. The first-order chi connectivity index (χ1) is 17.3. The third-order valence-corrected chi connectivity index (χ3v) is 6.93. The monoisotopic (exact) mass is 526 g/mol. The third-order valence-electron chi connectivity index (χ3n) is 6.13. The highest BCUT2D eigenvalue weighted by molar-refractivity contribution is 7.85. The van der Waals surface area contributed by atoms with Crippen LogP contribution in [-0.2, 0) is 19.6 Å². The lowest BCUT2D eigenvalue weighted by Gasteiger charge is -2.10. The van der Waals surface area contributed by atoms with Gasteiger partial charge in [-0.1, -0.05) is 109 Å². The predicted molar refractivity (Wildman–Crippen MR) is 143 cm³/mol. The molecule has 1 N–H and O–H groups in total. The fourth-order valence-electron chi connectivity index (χ4n) is 4.04. The Hall–Kier alpha value is -1.93. The van der Waals surface area contributed by atoms with Gasteiger partial charge in [-0.25, -0.2) is 9.59 Å². The van der Waals surface area contributed by atoms with Crippen LogP contribution in [0, 0.1) is 0 Å². The van der Waals surface area contributed by atoms with Crippen molar-refractivity contribution < 1.29 is 32.0 Å². The highest BCUT2D eigenvalue weighted by Crippen LogP contribution is 2.15. The molecule has 0 heterocycles. The molecule has 7 nitrogen and oxygen atoms in total. The first kappa shape index (κ1) is 32.1. The lowest BCUT2D eigenvalue weighted by Crippen LogP contribution is -2.16. The van der Waals surface area contributed by atoms with E-state index < -0.39 is 27.8 Å². The second kappa shape index (κ2) is 20.2. The Bertz CT molecular complexity index is 836. The summed E-state index contributed by atoms with van der Waals surface area (Å²) in [6.07, 6.45) is 18.9. The molecule has 0 saturated carbocycles. The number of hydrogen-bond donors (Lipinski definition) is 1. The molecule has 8 heteroatoms. The SMILES string of the molecule is CCCCCCCCCCCCCCCCCOC(=O)c1ccccc1C(=O)OCCCS(=O)(=O)O. The molecule has 0 atom stereocenters. The summed E-state index contributed by atoms with van der Waals surface area (Å²) >= 11 is 0. The van der Waals surface area contributed by atoms with Crippen molar-refractivity contribution in [3.8, 4) is 0 Å². The van der Waals surface area contributed by atoms with Crippen LogP contribution in [0.25, 0.3) is 0 Å². The summed E-state index contributed by atoms with van der Waals surface area (Å²) in [6.45, 7) is 2.37. The van der Waals surface area contributed by atoms with Gasteiger partial charge < -0.3 is 9.47 Å². The normalized spacial score (nSPS) is 11.4. The van der Waals surface area contributed by atoms with Crippen LogP contribution >= 0.6 is 0 Å². The fraction of sp³-hybridized carbons (Fsp3) is 0.714. The molecule has 1 aromatic rings. The smallest absolute Gasteiger partial charge is 0.339 e. The fourth-order valence-corrected chi connectivity index (χ4v) is 4.52. The lowest BCUT2D eigenvalue weighted by atomic mass is 10.0. The summed E-state index contributed by atoms with van der Waals surface area (Å²) in [5.41, 5.74) is 0.198. The van der Waals surface area contributed by atoms with Gasteiger partial charge in [0.2, 0.25) is 0 Å². The standard InChI is InChI=1S/C28H46O7S/c1-2-3-4-5-6-7-8-9-10-11-12-13-14-15-18-22-34-27(29)25-20-16-17-21-26(25)28(30)35-23-19-24-36(31,32)33/h16-17,20-21H,2-15,18-19,22-24H2,1H3,(H,31,32,33). The number of rotatable bonds is 22. The van der Waals surface area contributed by atoms with Crippen LogP contribution in [0.2, 0.25) is 0 Å². The number of benzene rings is 1. The van der Waals surface area contributed by atoms with E-state index in [4.69, 9.17) is 14.0 Å². The van der Waals surface area contributed by atoms with Crippen LogP contribution in [0.3, 0.4) is 0 Å². The van der Waals surface area contributed by atoms with E-state index in [9.17, 15) is 18.0 Å². The van der Waals surface area contributed by atoms with E-state index in [1.54, 1.807) is 12.1 Å². The Morgan fingerprint density at radius 3 is 1.39 bits per heavy atom. The average molecular weight is 527 g/mol.